The molecule has 1 aromatic carbocycles. The van der Waals surface area contributed by atoms with Crippen LogP contribution in [0.5, 0.6) is 5.75 Å². The van der Waals surface area contributed by atoms with E-state index in [9.17, 15) is 0 Å². The van der Waals surface area contributed by atoms with E-state index < -0.39 is 0 Å². The zero-order valence-electron chi connectivity index (χ0n) is 7.79. The van der Waals surface area contributed by atoms with Crippen molar-refractivity contribution in [2.24, 2.45) is 0 Å². The van der Waals surface area contributed by atoms with E-state index in [0.717, 1.165) is 17.1 Å². The summed E-state index contributed by atoms with van der Waals surface area (Å²) in [6.45, 7) is 2.00. The van der Waals surface area contributed by atoms with Crippen molar-refractivity contribution in [3.8, 4) is 5.75 Å². The molecule has 0 aliphatic heterocycles. The summed E-state index contributed by atoms with van der Waals surface area (Å²) in [5.74, 6) is 0.872. The zero-order chi connectivity index (χ0) is 9.68. The molecule has 3 heteroatoms. The van der Waals surface area contributed by atoms with E-state index in [1.54, 1.807) is 11.8 Å². The van der Waals surface area contributed by atoms with Crippen molar-refractivity contribution in [1.29, 1.82) is 0 Å². The van der Waals surface area contributed by atoms with Gasteiger partial charge in [-0.15, -0.1) is 11.8 Å². The smallest absolute Gasteiger partial charge is 0.172 e. The van der Waals surface area contributed by atoms with E-state index in [4.69, 9.17) is 16.3 Å². The number of halogens is 1. The Balaban J connectivity index is 2.74. The Labute approximate surface area is 88.4 Å². The normalized spacial score (nSPS) is 12.5. The molecule has 0 amide bonds. The molecule has 1 unspecified atom stereocenters. The number of para-hydroxylation sites is 1. The molecule has 0 spiro atoms. The van der Waals surface area contributed by atoms with Gasteiger partial charge in [0, 0.05) is 4.90 Å². The highest BCUT2D eigenvalue weighted by molar-refractivity contribution is 7.98. The van der Waals surface area contributed by atoms with Gasteiger partial charge in [0.2, 0.25) is 0 Å². The molecule has 0 radical (unpaired) electrons. The fourth-order valence-electron chi connectivity index (χ4n) is 0.937. The van der Waals surface area contributed by atoms with Crippen molar-refractivity contribution >= 4 is 23.4 Å². The molecule has 1 aromatic rings. The molecule has 0 aliphatic carbocycles. The third-order valence-electron chi connectivity index (χ3n) is 1.64. The first-order chi connectivity index (χ1) is 6.27. The lowest BCUT2D eigenvalue weighted by Crippen LogP contribution is -2.06. The molecule has 0 aromatic heterocycles. The van der Waals surface area contributed by atoms with Gasteiger partial charge in [0.25, 0.3) is 0 Å². The number of alkyl halides is 1. The second-order valence-electron chi connectivity index (χ2n) is 2.59. The summed E-state index contributed by atoms with van der Waals surface area (Å²) in [4.78, 5) is 1.13. The summed E-state index contributed by atoms with van der Waals surface area (Å²) in [5.41, 5.74) is -0.228. The highest BCUT2D eigenvalue weighted by Crippen LogP contribution is 2.28. The van der Waals surface area contributed by atoms with Gasteiger partial charge in [-0.3, -0.25) is 0 Å². The first-order valence-corrected chi connectivity index (χ1v) is 5.87. The van der Waals surface area contributed by atoms with Crippen molar-refractivity contribution in [3.05, 3.63) is 24.3 Å². The topological polar surface area (TPSA) is 9.23 Å². The summed E-state index contributed by atoms with van der Waals surface area (Å²) < 4.78 is 5.53. The summed E-state index contributed by atoms with van der Waals surface area (Å²) in [6.07, 6.45) is 2.83. The Bertz CT molecular complexity index is 265. The molecule has 72 valence electrons. The Kier molecular flexibility index (Phi) is 4.46. The second kappa shape index (κ2) is 5.40. The van der Waals surface area contributed by atoms with Gasteiger partial charge < -0.3 is 4.74 Å². The molecular weight excluding hydrogens is 204 g/mol. The van der Waals surface area contributed by atoms with Crippen LogP contribution in [0.15, 0.2) is 29.2 Å². The number of hydrogen-bond donors (Lipinski definition) is 0. The first-order valence-electron chi connectivity index (χ1n) is 4.21. The monoisotopic (exact) mass is 216 g/mol. The van der Waals surface area contributed by atoms with Crippen LogP contribution < -0.4 is 4.74 Å². The van der Waals surface area contributed by atoms with Gasteiger partial charge in [-0.25, -0.2) is 0 Å². The number of hydrogen-bond acceptors (Lipinski definition) is 2. The van der Waals surface area contributed by atoms with Gasteiger partial charge in [0.05, 0.1) is 0 Å². The SMILES string of the molecule is CCC(Cl)Oc1ccccc1SC. The van der Waals surface area contributed by atoms with Crippen LogP contribution in [0.1, 0.15) is 13.3 Å². The molecule has 1 nitrogen and oxygen atoms in total. The van der Waals surface area contributed by atoms with E-state index in [1.807, 2.05) is 37.4 Å². The molecule has 0 saturated heterocycles. The van der Waals surface area contributed by atoms with Crippen molar-refractivity contribution in [2.45, 2.75) is 23.8 Å². The molecule has 0 fully saturated rings. The van der Waals surface area contributed by atoms with Crippen molar-refractivity contribution < 1.29 is 4.74 Å². The predicted molar refractivity (Wildman–Crippen MR) is 58.8 cm³/mol. The van der Waals surface area contributed by atoms with Crippen LogP contribution in [0.2, 0.25) is 0 Å². The lowest BCUT2D eigenvalue weighted by Gasteiger charge is -2.12. The van der Waals surface area contributed by atoms with Gasteiger partial charge >= 0.3 is 0 Å². The summed E-state index contributed by atoms with van der Waals surface area (Å²) >= 11 is 7.56. The highest BCUT2D eigenvalue weighted by Gasteiger charge is 2.06. The fourth-order valence-corrected chi connectivity index (χ4v) is 1.57. The van der Waals surface area contributed by atoms with Crippen LogP contribution in [0.25, 0.3) is 0 Å². The Morgan fingerprint density at radius 2 is 2.15 bits per heavy atom. The van der Waals surface area contributed by atoms with E-state index in [1.165, 1.54) is 0 Å². The molecule has 0 saturated carbocycles. The Hall–Kier alpha value is -0.340. The van der Waals surface area contributed by atoms with E-state index >= 15 is 0 Å². The minimum Gasteiger partial charge on any atom is -0.474 e. The van der Waals surface area contributed by atoms with Crippen LogP contribution in [-0.2, 0) is 0 Å². The summed E-state index contributed by atoms with van der Waals surface area (Å²) in [6, 6.07) is 7.92. The quantitative estimate of drug-likeness (QED) is 0.560. The predicted octanol–water partition coefficient (Wildman–Crippen LogP) is 3.76. The standard InChI is InChI=1S/C10H13ClOS/c1-3-10(11)12-8-6-4-5-7-9(8)13-2/h4-7,10H,3H2,1-2H3. The fraction of sp³-hybridized carbons (Fsp3) is 0.400. The van der Waals surface area contributed by atoms with Gasteiger partial charge in [-0.2, -0.15) is 0 Å². The number of thioether (sulfide) groups is 1. The average Bonchev–Trinajstić information content (AvgIpc) is 2.18. The molecule has 0 aliphatic rings. The van der Waals surface area contributed by atoms with Crippen LogP contribution in [0.4, 0.5) is 0 Å². The minimum absolute atomic E-state index is 0.228. The highest BCUT2D eigenvalue weighted by atomic mass is 35.5. The van der Waals surface area contributed by atoms with Gasteiger partial charge in [-0.05, 0) is 24.8 Å². The maximum atomic E-state index is 5.90. The molecule has 0 N–H and O–H groups in total. The maximum Gasteiger partial charge on any atom is 0.172 e. The number of benzene rings is 1. The molecule has 1 atom stereocenters. The largest absolute Gasteiger partial charge is 0.474 e. The molecule has 13 heavy (non-hydrogen) atoms. The van der Waals surface area contributed by atoms with Crippen molar-refractivity contribution in [3.63, 3.8) is 0 Å². The van der Waals surface area contributed by atoms with Gasteiger partial charge in [0.1, 0.15) is 5.75 Å². The molecule has 1 rings (SSSR count). The number of ether oxygens (including phenoxy) is 1. The third-order valence-corrected chi connectivity index (χ3v) is 2.82. The summed E-state index contributed by atoms with van der Waals surface area (Å²) in [5, 5.41) is 0. The van der Waals surface area contributed by atoms with Gasteiger partial charge in [0.15, 0.2) is 5.56 Å². The van der Waals surface area contributed by atoms with E-state index in [0.29, 0.717) is 0 Å². The average molecular weight is 217 g/mol. The van der Waals surface area contributed by atoms with E-state index in [-0.39, 0.29) is 5.56 Å². The molecule has 0 heterocycles. The minimum atomic E-state index is -0.228. The number of rotatable bonds is 4. The maximum absolute atomic E-state index is 5.90. The van der Waals surface area contributed by atoms with Crippen LogP contribution in [0.3, 0.4) is 0 Å². The second-order valence-corrected chi connectivity index (χ2v) is 3.92. The molecule has 0 bridgehead atoms. The zero-order valence-corrected chi connectivity index (χ0v) is 9.36. The Morgan fingerprint density at radius 3 is 2.77 bits per heavy atom. The van der Waals surface area contributed by atoms with Crippen LogP contribution in [-0.4, -0.2) is 11.8 Å². The lowest BCUT2D eigenvalue weighted by molar-refractivity contribution is 0.271. The third kappa shape index (κ3) is 3.12. The molecular formula is C10H13ClOS. The van der Waals surface area contributed by atoms with Crippen LogP contribution in [0, 0.1) is 0 Å². The van der Waals surface area contributed by atoms with E-state index in [2.05, 4.69) is 0 Å². The van der Waals surface area contributed by atoms with Gasteiger partial charge in [-0.1, -0.05) is 30.7 Å². The van der Waals surface area contributed by atoms with Crippen molar-refractivity contribution in [2.75, 3.05) is 6.26 Å². The Morgan fingerprint density at radius 1 is 1.46 bits per heavy atom. The lowest BCUT2D eigenvalue weighted by atomic mass is 10.3. The van der Waals surface area contributed by atoms with Crippen LogP contribution >= 0.6 is 23.4 Å². The summed E-state index contributed by atoms with van der Waals surface area (Å²) in [7, 11) is 0. The first kappa shape index (κ1) is 10.7. The van der Waals surface area contributed by atoms with Crippen molar-refractivity contribution in [1.82, 2.24) is 0 Å².